The van der Waals surface area contributed by atoms with E-state index in [0.717, 1.165) is 11.3 Å². The number of rotatable bonds is 6. The molecular weight excluding hydrogens is 220 g/mol. The molecule has 0 saturated heterocycles. The van der Waals surface area contributed by atoms with Gasteiger partial charge in [0.15, 0.2) is 0 Å². The second kappa shape index (κ2) is 6.59. The van der Waals surface area contributed by atoms with E-state index in [9.17, 15) is 4.79 Å². The van der Waals surface area contributed by atoms with Crippen LogP contribution in [0.1, 0.15) is 25.8 Å². The molecule has 0 heterocycles. The summed E-state index contributed by atoms with van der Waals surface area (Å²) in [5.74, 6) is 0.102. The van der Waals surface area contributed by atoms with E-state index in [1.54, 1.807) is 11.8 Å². The molecule has 2 nitrogen and oxygen atoms in total. The van der Waals surface area contributed by atoms with Crippen LogP contribution in [0, 0.1) is 5.92 Å². The second-order valence-corrected chi connectivity index (χ2v) is 5.06. The van der Waals surface area contributed by atoms with Gasteiger partial charge in [-0.05, 0) is 36.3 Å². The molecule has 0 amide bonds. The summed E-state index contributed by atoms with van der Waals surface area (Å²) >= 11 is 1.80. The van der Waals surface area contributed by atoms with Gasteiger partial charge < -0.3 is 5.11 Å². The molecule has 0 fully saturated rings. The van der Waals surface area contributed by atoms with Crippen LogP contribution in [-0.2, 0) is 11.2 Å². The van der Waals surface area contributed by atoms with Crippen molar-refractivity contribution < 1.29 is 9.90 Å². The van der Waals surface area contributed by atoms with E-state index in [0.29, 0.717) is 12.8 Å². The summed E-state index contributed by atoms with van der Waals surface area (Å²) in [7, 11) is 0. The van der Waals surface area contributed by atoms with E-state index in [4.69, 9.17) is 5.11 Å². The van der Waals surface area contributed by atoms with Crippen LogP contribution in [0.15, 0.2) is 29.2 Å². The fourth-order valence-corrected chi connectivity index (χ4v) is 2.24. The van der Waals surface area contributed by atoms with Crippen LogP contribution in [0.4, 0.5) is 0 Å². The zero-order chi connectivity index (χ0) is 12.0. The summed E-state index contributed by atoms with van der Waals surface area (Å²) < 4.78 is 0. The fraction of sp³-hybridized carbons (Fsp3) is 0.462. The Morgan fingerprint density at radius 1 is 1.31 bits per heavy atom. The van der Waals surface area contributed by atoms with E-state index < -0.39 is 5.97 Å². The van der Waals surface area contributed by atoms with Crippen LogP contribution in [0.25, 0.3) is 0 Å². The Balaban J connectivity index is 2.63. The van der Waals surface area contributed by atoms with Gasteiger partial charge in [0.1, 0.15) is 0 Å². The van der Waals surface area contributed by atoms with Crippen molar-refractivity contribution in [2.24, 2.45) is 5.92 Å². The Morgan fingerprint density at radius 3 is 2.38 bits per heavy atom. The first kappa shape index (κ1) is 13.1. The molecule has 0 radical (unpaired) electrons. The van der Waals surface area contributed by atoms with Gasteiger partial charge in [-0.3, -0.25) is 4.79 Å². The Morgan fingerprint density at radius 2 is 1.94 bits per heavy atom. The van der Waals surface area contributed by atoms with Crippen LogP contribution in [0.5, 0.6) is 0 Å². The summed E-state index contributed by atoms with van der Waals surface area (Å²) in [6.07, 6.45) is 1.31. The van der Waals surface area contributed by atoms with Crippen molar-refractivity contribution in [2.45, 2.75) is 31.6 Å². The predicted octanol–water partition coefficient (Wildman–Crippen LogP) is 3.45. The molecule has 3 heteroatoms. The molecule has 0 aromatic heterocycles. The van der Waals surface area contributed by atoms with Gasteiger partial charge in [-0.25, -0.2) is 0 Å². The first-order chi connectivity index (χ1) is 7.67. The zero-order valence-electron chi connectivity index (χ0n) is 9.77. The molecular formula is C13H18O2S. The molecule has 1 rings (SSSR count). The Hall–Kier alpha value is -0.960. The average molecular weight is 238 g/mol. The van der Waals surface area contributed by atoms with Crippen LogP contribution >= 0.6 is 11.8 Å². The number of thioether (sulfide) groups is 1. The van der Waals surface area contributed by atoms with Crippen molar-refractivity contribution in [3.8, 4) is 0 Å². The van der Waals surface area contributed by atoms with E-state index >= 15 is 0 Å². The standard InChI is InChI=1S/C13H18O2S/c1-3-11(13(14)15)9-10-5-7-12(8-6-10)16-4-2/h5-8,11H,3-4,9H2,1-2H3,(H,14,15). The molecule has 0 saturated carbocycles. The van der Waals surface area contributed by atoms with Crippen LogP contribution in [0.3, 0.4) is 0 Å². The first-order valence-electron chi connectivity index (χ1n) is 5.61. The van der Waals surface area contributed by atoms with Gasteiger partial charge in [0.25, 0.3) is 0 Å². The summed E-state index contributed by atoms with van der Waals surface area (Å²) in [6, 6.07) is 8.20. The smallest absolute Gasteiger partial charge is 0.306 e. The number of carboxylic acid groups (broad SMARTS) is 1. The highest BCUT2D eigenvalue weighted by molar-refractivity contribution is 7.99. The Kier molecular flexibility index (Phi) is 5.39. The van der Waals surface area contributed by atoms with Crippen molar-refractivity contribution in [3.63, 3.8) is 0 Å². The van der Waals surface area contributed by atoms with Crippen molar-refractivity contribution in [2.75, 3.05) is 5.75 Å². The number of hydrogen-bond acceptors (Lipinski definition) is 2. The number of hydrogen-bond donors (Lipinski definition) is 1. The Bertz CT molecular complexity index is 332. The molecule has 1 atom stereocenters. The number of aliphatic carboxylic acids is 1. The highest BCUT2D eigenvalue weighted by Crippen LogP contribution is 2.19. The number of benzene rings is 1. The van der Waals surface area contributed by atoms with E-state index in [1.807, 2.05) is 19.1 Å². The molecule has 1 aromatic rings. The molecule has 0 aliphatic heterocycles. The van der Waals surface area contributed by atoms with Gasteiger partial charge in [-0.1, -0.05) is 26.0 Å². The van der Waals surface area contributed by atoms with E-state index in [1.165, 1.54) is 4.90 Å². The van der Waals surface area contributed by atoms with Gasteiger partial charge in [0.2, 0.25) is 0 Å². The number of carboxylic acids is 1. The lowest BCUT2D eigenvalue weighted by Crippen LogP contribution is -2.15. The van der Waals surface area contributed by atoms with Crippen LogP contribution in [0.2, 0.25) is 0 Å². The molecule has 0 spiro atoms. The average Bonchev–Trinajstić information content (AvgIpc) is 2.28. The molecule has 16 heavy (non-hydrogen) atoms. The zero-order valence-corrected chi connectivity index (χ0v) is 10.6. The van der Waals surface area contributed by atoms with E-state index in [-0.39, 0.29) is 5.92 Å². The van der Waals surface area contributed by atoms with Gasteiger partial charge in [0.05, 0.1) is 5.92 Å². The van der Waals surface area contributed by atoms with Crippen molar-refractivity contribution in [3.05, 3.63) is 29.8 Å². The molecule has 1 N–H and O–H groups in total. The maximum Gasteiger partial charge on any atom is 0.306 e. The highest BCUT2D eigenvalue weighted by atomic mass is 32.2. The lowest BCUT2D eigenvalue weighted by atomic mass is 9.97. The minimum Gasteiger partial charge on any atom is -0.481 e. The third-order valence-corrected chi connectivity index (χ3v) is 3.45. The van der Waals surface area contributed by atoms with Crippen LogP contribution in [-0.4, -0.2) is 16.8 Å². The van der Waals surface area contributed by atoms with Gasteiger partial charge in [-0.15, -0.1) is 11.8 Å². The molecule has 0 bridgehead atoms. The van der Waals surface area contributed by atoms with Crippen molar-refractivity contribution in [1.29, 1.82) is 0 Å². The molecule has 88 valence electrons. The summed E-state index contributed by atoms with van der Waals surface area (Å²) in [5.41, 5.74) is 1.11. The minimum absolute atomic E-state index is 0.260. The minimum atomic E-state index is -0.700. The third-order valence-electron chi connectivity index (χ3n) is 2.56. The van der Waals surface area contributed by atoms with Gasteiger partial charge >= 0.3 is 5.97 Å². The predicted molar refractivity (Wildman–Crippen MR) is 68.0 cm³/mol. The van der Waals surface area contributed by atoms with Crippen molar-refractivity contribution >= 4 is 17.7 Å². The van der Waals surface area contributed by atoms with Gasteiger partial charge in [0, 0.05) is 4.90 Å². The maximum absolute atomic E-state index is 10.9. The summed E-state index contributed by atoms with van der Waals surface area (Å²) in [5, 5.41) is 8.97. The summed E-state index contributed by atoms with van der Waals surface area (Å²) in [6.45, 7) is 4.04. The second-order valence-electron chi connectivity index (χ2n) is 3.72. The SMILES string of the molecule is CCSc1ccc(CC(CC)C(=O)O)cc1. The summed E-state index contributed by atoms with van der Waals surface area (Å²) in [4.78, 5) is 12.1. The molecule has 1 unspecified atom stereocenters. The third kappa shape index (κ3) is 3.89. The largest absolute Gasteiger partial charge is 0.481 e. The number of carbonyl (C=O) groups is 1. The lowest BCUT2D eigenvalue weighted by Gasteiger charge is -2.09. The van der Waals surface area contributed by atoms with Crippen molar-refractivity contribution in [1.82, 2.24) is 0 Å². The fourth-order valence-electron chi connectivity index (χ4n) is 1.58. The molecule has 1 aromatic carbocycles. The normalized spacial score (nSPS) is 12.4. The monoisotopic (exact) mass is 238 g/mol. The Labute approximate surface area is 101 Å². The molecule has 0 aliphatic rings. The van der Waals surface area contributed by atoms with Crippen LogP contribution < -0.4 is 0 Å². The van der Waals surface area contributed by atoms with Gasteiger partial charge in [-0.2, -0.15) is 0 Å². The topological polar surface area (TPSA) is 37.3 Å². The van der Waals surface area contributed by atoms with E-state index in [2.05, 4.69) is 19.1 Å². The quantitative estimate of drug-likeness (QED) is 0.771. The maximum atomic E-state index is 10.9. The lowest BCUT2D eigenvalue weighted by molar-refractivity contribution is -0.141. The molecule has 0 aliphatic carbocycles. The first-order valence-corrected chi connectivity index (χ1v) is 6.60. The highest BCUT2D eigenvalue weighted by Gasteiger charge is 2.15.